The Kier molecular flexibility index (Phi) is 6.02. The molecule has 0 aliphatic heterocycles. The van der Waals surface area contributed by atoms with Crippen LogP contribution in [0.2, 0.25) is 0 Å². The third-order valence-electron chi connectivity index (χ3n) is 3.97. The van der Waals surface area contributed by atoms with Gasteiger partial charge >= 0.3 is 5.97 Å². The highest BCUT2D eigenvalue weighted by atomic mass is 32.1. The van der Waals surface area contributed by atoms with Crippen molar-refractivity contribution in [2.75, 3.05) is 17.7 Å². The zero-order valence-corrected chi connectivity index (χ0v) is 16.8. The van der Waals surface area contributed by atoms with Crippen LogP contribution in [0, 0.1) is 6.92 Å². The molecular weight excluding hydrogens is 350 g/mol. The van der Waals surface area contributed by atoms with Crippen LogP contribution < -0.4 is 10.6 Å². The van der Waals surface area contributed by atoms with Gasteiger partial charge in [-0.3, -0.25) is 4.79 Å². The fourth-order valence-corrected chi connectivity index (χ4v) is 3.08. The number of ether oxygens (including phenoxy) is 1. The van der Waals surface area contributed by atoms with Gasteiger partial charge in [0.1, 0.15) is 10.6 Å². The molecule has 1 amide bonds. The van der Waals surface area contributed by atoms with Crippen molar-refractivity contribution in [1.82, 2.24) is 4.37 Å². The van der Waals surface area contributed by atoms with Crippen molar-refractivity contribution >= 4 is 34.1 Å². The van der Waals surface area contributed by atoms with Crippen molar-refractivity contribution in [3.63, 3.8) is 0 Å². The minimum atomic E-state index is -0.922. The number of rotatable bonds is 5. The lowest BCUT2D eigenvalue weighted by Crippen LogP contribution is -2.30. The SMILES string of the molecule is CNc1snc(C)c1C(=O)O[C@@H](C)C(=O)Nc1ccc(C(C)(C)C)cc1. The Labute approximate surface area is 158 Å². The standard InChI is InChI=1S/C19H25N3O3S/c1-11-15(17(20-6)26-22-11)18(24)25-12(2)16(23)21-14-9-7-13(8-10-14)19(3,4)5/h7-10,12,20H,1-6H3,(H,21,23)/t12-/m0/s1. The summed E-state index contributed by atoms with van der Waals surface area (Å²) in [5.41, 5.74) is 2.83. The smallest absolute Gasteiger partial charge is 0.343 e. The highest BCUT2D eigenvalue weighted by Crippen LogP contribution is 2.26. The Morgan fingerprint density at radius 3 is 2.35 bits per heavy atom. The van der Waals surface area contributed by atoms with Crippen molar-refractivity contribution < 1.29 is 14.3 Å². The highest BCUT2D eigenvalue weighted by Gasteiger charge is 2.24. The molecule has 0 saturated heterocycles. The van der Waals surface area contributed by atoms with Crippen molar-refractivity contribution in [1.29, 1.82) is 0 Å². The van der Waals surface area contributed by atoms with E-state index in [1.165, 1.54) is 17.1 Å². The summed E-state index contributed by atoms with van der Waals surface area (Å²) < 4.78 is 9.44. The summed E-state index contributed by atoms with van der Waals surface area (Å²) in [7, 11) is 1.71. The lowest BCUT2D eigenvalue weighted by Gasteiger charge is -2.19. The van der Waals surface area contributed by atoms with Gasteiger partial charge in [0, 0.05) is 12.7 Å². The average molecular weight is 375 g/mol. The third-order valence-corrected chi connectivity index (χ3v) is 4.92. The molecule has 0 aliphatic carbocycles. The largest absolute Gasteiger partial charge is 0.449 e. The monoisotopic (exact) mass is 375 g/mol. The van der Waals surface area contributed by atoms with E-state index in [9.17, 15) is 9.59 Å². The minimum absolute atomic E-state index is 0.0445. The van der Waals surface area contributed by atoms with Crippen molar-refractivity contribution in [3.05, 3.63) is 41.1 Å². The van der Waals surface area contributed by atoms with E-state index in [-0.39, 0.29) is 11.3 Å². The molecule has 2 N–H and O–H groups in total. The van der Waals surface area contributed by atoms with E-state index in [2.05, 4.69) is 35.8 Å². The molecule has 0 saturated carbocycles. The number of aromatic nitrogens is 1. The van der Waals surface area contributed by atoms with Crippen LogP contribution in [0.5, 0.6) is 0 Å². The van der Waals surface area contributed by atoms with Crippen molar-refractivity contribution in [2.45, 2.75) is 46.1 Å². The van der Waals surface area contributed by atoms with E-state index in [0.29, 0.717) is 21.9 Å². The maximum Gasteiger partial charge on any atom is 0.343 e. The van der Waals surface area contributed by atoms with Crippen molar-refractivity contribution in [3.8, 4) is 0 Å². The molecule has 2 rings (SSSR count). The topological polar surface area (TPSA) is 80.3 Å². The third kappa shape index (κ3) is 4.60. The van der Waals surface area contributed by atoms with Gasteiger partial charge in [-0.05, 0) is 48.5 Å². The number of aryl methyl sites for hydroxylation is 1. The molecule has 2 aromatic rings. The number of hydrogen-bond acceptors (Lipinski definition) is 6. The second-order valence-electron chi connectivity index (χ2n) is 7.09. The van der Waals surface area contributed by atoms with Crippen LogP contribution in [-0.2, 0) is 14.9 Å². The summed E-state index contributed by atoms with van der Waals surface area (Å²) in [4.78, 5) is 24.7. The Bertz CT molecular complexity index is 791. The number of hydrogen-bond donors (Lipinski definition) is 2. The van der Waals surface area contributed by atoms with Crippen LogP contribution in [0.3, 0.4) is 0 Å². The summed E-state index contributed by atoms with van der Waals surface area (Å²) in [5, 5.41) is 6.30. The normalized spacial score (nSPS) is 12.4. The predicted octanol–water partition coefficient (Wildman–Crippen LogP) is 3.97. The maximum absolute atomic E-state index is 12.4. The number of amides is 1. The van der Waals surface area contributed by atoms with E-state index in [4.69, 9.17) is 4.74 Å². The van der Waals surface area contributed by atoms with Crippen LogP contribution in [0.25, 0.3) is 0 Å². The first-order valence-electron chi connectivity index (χ1n) is 8.40. The zero-order chi connectivity index (χ0) is 19.5. The van der Waals surface area contributed by atoms with Gasteiger partial charge in [0.2, 0.25) is 0 Å². The van der Waals surface area contributed by atoms with Crippen LogP contribution in [-0.4, -0.2) is 29.4 Å². The molecule has 0 fully saturated rings. The number of nitrogens with one attached hydrogen (secondary N) is 2. The molecule has 1 atom stereocenters. The zero-order valence-electron chi connectivity index (χ0n) is 16.0. The number of carbonyl (C=O) groups excluding carboxylic acids is 2. The Morgan fingerprint density at radius 1 is 1.19 bits per heavy atom. The molecule has 1 aromatic carbocycles. The van der Waals surface area contributed by atoms with Crippen LogP contribution in [0.4, 0.5) is 10.7 Å². The second kappa shape index (κ2) is 7.86. The van der Waals surface area contributed by atoms with E-state index in [1.54, 1.807) is 20.9 Å². The van der Waals surface area contributed by atoms with Crippen LogP contribution >= 0.6 is 11.5 Å². The molecule has 0 radical (unpaired) electrons. The number of nitrogens with zero attached hydrogens (tertiary/aromatic N) is 1. The molecule has 0 unspecified atom stereocenters. The summed E-state index contributed by atoms with van der Waals surface area (Å²) in [6.45, 7) is 9.66. The summed E-state index contributed by atoms with van der Waals surface area (Å²) >= 11 is 1.18. The average Bonchev–Trinajstić information content (AvgIpc) is 2.95. The maximum atomic E-state index is 12.4. The molecule has 0 spiro atoms. The van der Waals surface area contributed by atoms with E-state index in [1.807, 2.05) is 24.3 Å². The quantitative estimate of drug-likeness (QED) is 0.773. The Balaban J connectivity index is 2.01. The van der Waals surface area contributed by atoms with Crippen LogP contribution in [0.15, 0.2) is 24.3 Å². The van der Waals surface area contributed by atoms with Gasteiger partial charge < -0.3 is 15.4 Å². The van der Waals surface area contributed by atoms with Gasteiger partial charge in [-0.1, -0.05) is 32.9 Å². The fourth-order valence-electron chi connectivity index (χ4n) is 2.35. The molecule has 0 bridgehead atoms. The van der Waals surface area contributed by atoms with E-state index >= 15 is 0 Å². The second-order valence-corrected chi connectivity index (χ2v) is 7.86. The molecule has 26 heavy (non-hydrogen) atoms. The summed E-state index contributed by atoms with van der Waals surface area (Å²) in [5.74, 6) is -0.944. The highest BCUT2D eigenvalue weighted by molar-refractivity contribution is 7.10. The lowest BCUT2D eigenvalue weighted by molar-refractivity contribution is -0.123. The van der Waals surface area contributed by atoms with Gasteiger partial charge in [0.05, 0.1) is 5.69 Å². The van der Waals surface area contributed by atoms with E-state index < -0.39 is 12.1 Å². The van der Waals surface area contributed by atoms with Gasteiger partial charge in [0.25, 0.3) is 5.91 Å². The first-order chi connectivity index (χ1) is 12.1. The number of carbonyl (C=O) groups is 2. The molecule has 140 valence electrons. The van der Waals surface area contributed by atoms with Gasteiger partial charge in [-0.15, -0.1) is 0 Å². The van der Waals surface area contributed by atoms with Gasteiger partial charge in [-0.2, -0.15) is 4.37 Å². The Hall–Kier alpha value is -2.41. The predicted molar refractivity (Wildman–Crippen MR) is 105 cm³/mol. The molecule has 7 heteroatoms. The number of anilines is 2. The fraction of sp³-hybridized carbons (Fsp3) is 0.421. The molecule has 0 aliphatic rings. The Morgan fingerprint density at radius 2 is 1.81 bits per heavy atom. The van der Waals surface area contributed by atoms with E-state index in [0.717, 1.165) is 0 Å². The molecule has 1 heterocycles. The first kappa shape index (κ1) is 19.9. The lowest BCUT2D eigenvalue weighted by atomic mass is 9.87. The summed E-state index contributed by atoms with van der Waals surface area (Å²) in [6.07, 6.45) is -0.922. The first-order valence-corrected chi connectivity index (χ1v) is 9.17. The molecular formula is C19H25N3O3S. The van der Waals surface area contributed by atoms with Gasteiger partial charge in [0.15, 0.2) is 6.10 Å². The van der Waals surface area contributed by atoms with Gasteiger partial charge in [-0.25, -0.2) is 4.79 Å². The number of benzene rings is 1. The molecule has 6 nitrogen and oxygen atoms in total. The molecule has 1 aromatic heterocycles. The minimum Gasteiger partial charge on any atom is -0.449 e. The van der Waals surface area contributed by atoms with Crippen molar-refractivity contribution in [2.24, 2.45) is 0 Å². The summed E-state index contributed by atoms with van der Waals surface area (Å²) in [6, 6.07) is 7.65. The number of esters is 1. The van der Waals surface area contributed by atoms with Crippen LogP contribution in [0.1, 0.15) is 49.3 Å².